The number of rotatable bonds is 6. The molecule has 0 radical (unpaired) electrons. The van der Waals surface area contributed by atoms with Crippen LogP contribution in [0.1, 0.15) is 41.0 Å². The highest BCUT2D eigenvalue weighted by atomic mass is 28.3. The Labute approximate surface area is 89.7 Å². The zero-order valence-electron chi connectivity index (χ0n) is 10.3. The highest BCUT2D eigenvalue weighted by molar-refractivity contribution is 6.36. The van der Waals surface area contributed by atoms with Gasteiger partial charge in [-0.25, -0.2) is 0 Å². The first-order valence-electron chi connectivity index (χ1n) is 5.17. The third kappa shape index (κ3) is 8.68. The van der Waals surface area contributed by atoms with E-state index in [1.807, 2.05) is 20.8 Å². The lowest BCUT2D eigenvalue weighted by Crippen LogP contribution is -2.35. The summed E-state index contributed by atoms with van der Waals surface area (Å²) in [5, 5.41) is 0. The molecule has 0 saturated heterocycles. The third-order valence-electron chi connectivity index (χ3n) is 1.59. The van der Waals surface area contributed by atoms with E-state index in [9.17, 15) is 0 Å². The Hall–Kier alpha value is 0.0969. The summed E-state index contributed by atoms with van der Waals surface area (Å²) < 4.78 is 16.4. The maximum atomic E-state index is 5.66. The molecule has 0 aromatic carbocycles. The smallest absolute Gasteiger partial charge is 0.379 e. The van der Waals surface area contributed by atoms with Gasteiger partial charge in [0.1, 0.15) is 0 Å². The first-order valence-corrected chi connectivity index (χ1v) is 6.59. The summed E-state index contributed by atoms with van der Waals surface area (Å²) in [6, 6.07) is 0. The van der Waals surface area contributed by atoms with Gasteiger partial charge in [0.25, 0.3) is 0 Å². The lowest BCUT2D eigenvalue weighted by molar-refractivity contribution is 0.0308. The fourth-order valence-electron chi connectivity index (χ4n) is 0.839. The molecule has 0 rings (SSSR count). The summed E-state index contributed by atoms with van der Waals surface area (Å²) >= 11 is 0. The highest BCUT2D eigenvalue weighted by Gasteiger charge is 2.22. The van der Waals surface area contributed by atoms with Crippen LogP contribution < -0.4 is 0 Å². The molecule has 0 N–H and O–H groups in total. The molecule has 0 fully saturated rings. The van der Waals surface area contributed by atoms with Gasteiger partial charge in [0, 0.05) is 13.7 Å². The molecule has 0 amide bonds. The minimum Gasteiger partial charge on any atom is -0.379 e. The van der Waals surface area contributed by atoms with E-state index < -0.39 is 9.53 Å². The predicted octanol–water partition coefficient (Wildman–Crippen LogP) is 2.23. The minimum atomic E-state index is -1.90. The summed E-state index contributed by atoms with van der Waals surface area (Å²) in [6.45, 7) is 11.1. The van der Waals surface area contributed by atoms with Crippen molar-refractivity contribution in [2.45, 2.75) is 46.6 Å². The molecule has 0 aromatic rings. The molecule has 0 heterocycles. The van der Waals surface area contributed by atoms with E-state index >= 15 is 0 Å². The van der Waals surface area contributed by atoms with E-state index in [1.54, 1.807) is 7.11 Å². The molecule has 1 unspecified atom stereocenters. The van der Waals surface area contributed by atoms with Gasteiger partial charge in [0.15, 0.2) is 0 Å². The molecular weight excluding hydrogens is 196 g/mol. The molecule has 1 atom stereocenters. The second-order valence-corrected chi connectivity index (χ2v) is 6.43. The lowest BCUT2D eigenvalue weighted by atomic mass is 10.2. The van der Waals surface area contributed by atoms with Gasteiger partial charge < -0.3 is 13.3 Å². The van der Waals surface area contributed by atoms with Crippen LogP contribution in [0.4, 0.5) is 0 Å². The largest absolute Gasteiger partial charge is 0.484 e. The Bertz CT molecular complexity index is 143. The Morgan fingerprint density at radius 1 is 1.21 bits per heavy atom. The van der Waals surface area contributed by atoms with E-state index in [4.69, 9.17) is 13.3 Å². The van der Waals surface area contributed by atoms with Crippen molar-refractivity contribution in [2.24, 2.45) is 5.92 Å². The Balaban J connectivity index is 3.69. The van der Waals surface area contributed by atoms with E-state index in [1.165, 1.54) is 0 Å². The molecule has 0 saturated carbocycles. The molecule has 0 aliphatic carbocycles. The van der Waals surface area contributed by atoms with Gasteiger partial charge >= 0.3 is 9.53 Å². The van der Waals surface area contributed by atoms with Crippen molar-refractivity contribution in [3.8, 4) is 0 Å². The van der Waals surface area contributed by atoms with Gasteiger partial charge in [0.05, 0.1) is 5.60 Å². The second kappa shape index (κ2) is 6.56. The van der Waals surface area contributed by atoms with Crippen LogP contribution in [0.5, 0.6) is 0 Å². The van der Waals surface area contributed by atoms with Crippen molar-refractivity contribution in [1.29, 1.82) is 0 Å². The van der Waals surface area contributed by atoms with Gasteiger partial charge in [-0.1, -0.05) is 13.8 Å². The molecule has 3 nitrogen and oxygen atoms in total. The van der Waals surface area contributed by atoms with E-state index in [0.29, 0.717) is 5.92 Å². The van der Waals surface area contributed by atoms with E-state index in [-0.39, 0.29) is 5.60 Å². The fraction of sp³-hybridized carbons (Fsp3) is 1.00. The molecule has 4 heteroatoms. The lowest BCUT2D eigenvalue weighted by Gasteiger charge is -2.25. The number of hydrogen-bond donors (Lipinski definition) is 0. The molecule has 0 bridgehead atoms. The molecule has 86 valence electrons. The SMILES string of the molecule is CO[SiH](OCCC(C)C)OC(C)(C)C. The molecule has 14 heavy (non-hydrogen) atoms. The third-order valence-corrected chi connectivity index (χ3v) is 3.38. The van der Waals surface area contributed by atoms with Crippen LogP contribution in [-0.2, 0) is 13.3 Å². The van der Waals surface area contributed by atoms with Crippen molar-refractivity contribution >= 4 is 9.53 Å². The van der Waals surface area contributed by atoms with Gasteiger partial charge in [-0.15, -0.1) is 0 Å². The minimum absolute atomic E-state index is 0.176. The van der Waals surface area contributed by atoms with Crippen LogP contribution in [0.25, 0.3) is 0 Å². The van der Waals surface area contributed by atoms with Crippen molar-refractivity contribution in [2.75, 3.05) is 13.7 Å². The average Bonchev–Trinajstić information content (AvgIpc) is 1.99. The van der Waals surface area contributed by atoms with Crippen molar-refractivity contribution in [3.05, 3.63) is 0 Å². The van der Waals surface area contributed by atoms with Gasteiger partial charge in [0.2, 0.25) is 0 Å². The van der Waals surface area contributed by atoms with E-state index in [2.05, 4.69) is 13.8 Å². The van der Waals surface area contributed by atoms with Crippen LogP contribution in [0, 0.1) is 5.92 Å². The van der Waals surface area contributed by atoms with Gasteiger partial charge in [-0.05, 0) is 33.1 Å². The molecule has 0 aliphatic heterocycles. The van der Waals surface area contributed by atoms with Crippen LogP contribution in [-0.4, -0.2) is 28.8 Å². The Morgan fingerprint density at radius 2 is 1.79 bits per heavy atom. The quantitative estimate of drug-likeness (QED) is 0.642. The maximum Gasteiger partial charge on any atom is 0.484 e. The predicted molar refractivity (Wildman–Crippen MR) is 60.4 cm³/mol. The zero-order chi connectivity index (χ0) is 11.2. The maximum absolute atomic E-state index is 5.66. The Kier molecular flexibility index (Phi) is 6.60. The van der Waals surface area contributed by atoms with Gasteiger partial charge in [-0.3, -0.25) is 0 Å². The van der Waals surface area contributed by atoms with Crippen LogP contribution in [0.3, 0.4) is 0 Å². The van der Waals surface area contributed by atoms with Crippen molar-refractivity contribution < 1.29 is 13.3 Å². The molecule has 0 aromatic heterocycles. The molecule has 0 aliphatic rings. The van der Waals surface area contributed by atoms with Gasteiger partial charge in [-0.2, -0.15) is 0 Å². The average molecular weight is 220 g/mol. The molecular formula is C10H24O3Si. The highest BCUT2D eigenvalue weighted by Crippen LogP contribution is 2.10. The fourth-order valence-corrected chi connectivity index (χ4v) is 2.05. The second-order valence-electron chi connectivity index (χ2n) is 4.81. The zero-order valence-corrected chi connectivity index (χ0v) is 11.4. The summed E-state index contributed by atoms with van der Waals surface area (Å²) in [5.41, 5.74) is -0.176. The van der Waals surface area contributed by atoms with Crippen molar-refractivity contribution in [1.82, 2.24) is 0 Å². The Morgan fingerprint density at radius 3 is 2.14 bits per heavy atom. The topological polar surface area (TPSA) is 27.7 Å². The first-order chi connectivity index (χ1) is 6.35. The summed E-state index contributed by atoms with van der Waals surface area (Å²) in [6.07, 6.45) is 1.06. The van der Waals surface area contributed by atoms with Crippen molar-refractivity contribution in [3.63, 3.8) is 0 Å². The van der Waals surface area contributed by atoms with Crippen LogP contribution in [0.15, 0.2) is 0 Å². The summed E-state index contributed by atoms with van der Waals surface area (Å²) in [4.78, 5) is 0. The van der Waals surface area contributed by atoms with Crippen LogP contribution >= 0.6 is 0 Å². The molecule has 0 spiro atoms. The summed E-state index contributed by atoms with van der Waals surface area (Å²) in [5.74, 6) is 0.663. The summed E-state index contributed by atoms with van der Waals surface area (Å²) in [7, 11) is -0.246. The monoisotopic (exact) mass is 220 g/mol. The standard InChI is InChI=1S/C10H24O3Si/c1-9(2)7-8-12-14(11-6)13-10(3,4)5/h9,14H,7-8H2,1-6H3. The number of hydrogen-bond acceptors (Lipinski definition) is 3. The van der Waals surface area contributed by atoms with E-state index in [0.717, 1.165) is 13.0 Å². The first kappa shape index (κ1) is 14.1. The van der Waals surface area contributed by atoms with Crippen LogP contribution in [0.2, 0.25) is 0 Å². The normalized spacial score (nSPS) is 14.8.